The van der Waals surface area contributed by atoms with Gasteiger partial charge in [0.15, 0.2) is 6.29 Å². The van der Waals surface area contributed by atoms with Gasteiger partial charge in [0, 0.05) is 11.0 Å². The van der Waals surface area contributed by atoms with Crippen molar-refractivity contribution in [2.75, 3.05) is 6.73 Å². The molecule has 1 aromatic rings. The average molecular weight is 358 g/mol. The Balaban J connectivity index is 2.09. The van der Waals surface area contributed by atoms with Crippen LogP contribution < -0.4 is 0 Å². The van der Waals surface area contributed by atoms with E-state index in [1.54, 1.807) is 0 Å². The largest absolute Gasteiger partial charge is 0.367 e. The Labute approximate surface area is 135 Å². The topological polar surface area (TPSA) is 41.9 Å². The van der Waals surface area contributed by atoms with Crippen LogP contribution in [-0.4, -0.2) is 34.7 Å². The summed E-state index contributed by atoms with van der Waals surface area (Å²) in [6.07, 6.45) is -0.842. The van der Waals surface area contributed by atoms with Gasteiger partial charge >= 0.3 is 0 Å². The molecule has 1 heterocycles. The molecule has 0 bridgehead atoms. The quantitative estimate of drug-likeness (QED) is 0.843. The standard InChI is InChI=1S/C16H24BrNO3/c1-11(15(19)21-16(2,3)4)18-8-12-5-6-14(17)7-13(12)9-20-10-18/h5-7,11,15,19H,8-10H2,1-4H3. The van der Waals surface area contributed by atoms with E-state index in [-0.39, 0.29) is 11.6 Å². The maximum absolute atomic E-state index is 10.3. The van der Waals surface area contributed by atoms with Crippen LogP contribution in [0.15, 0.2) is 22.7 Å². The van der Waals surface area contributed by atoms with Crippen molar-refractivity contribution in [3.05, 3.63) is 33.8 Å². The maximum atomic E-state index is 10.3. The first kappa shape index (κ1) is 16.9. The summed E-state index contributed by atoms with van der Waals surface area (Å²) in [7, 11) is 0. The molecule has 0 aromatic heterocycles. The fourth-order valence-corrected chi connectivity index (χ4v) is 2.73. The fourth-order valence-electron chi connectivity index (χ4n) is 2.32. The van der Waals surface area contributed by atoms with E-state index in [0.29, 0.717) is 13.3 Å². The number of fused-ring (bicyclic) bond motifs is 1. The SMILES string of the molecule is CC(C(O)OC(C)(C)C)N1COCc2cc(Br)ccc2C1. The highest BCUT2D eigenvalue weighted by Crippen LogP contribution is 2.24. The molecule has 5 heteroatoms. The zero-order chi connectivity index (χ0) is 15.6. The number of hydrogen-bond acceptors (Lipinski definition) is 4. The van der Waals surface area contributed by atoms with Crippen LogP contribution in [0.2, 0.25) is 0 Å². The molecule has 1 aliphatic rings. The highest BCUT2D eigenvalue weighted by molar-refractivity contribution is 9.10. The van der Waals surface area contributed by atoms with E-state index in [1.165, 1.54) is 11.1 Å². The van der Waals surface area contributed by atoms with Crippen LogP contribution in [-0.2, 0) is 22.6 Å². The predicted octanol–water partition coefficient (Wildman–Crippen LogP) is 3.26. The van der Waals surface area contributed by atoms with E-state index in [2.05, 4.69) is 33.0 Å². The molecule has 2 atom stereocenters. The lowest BCUT2D eigenvalue weighted by Gasteiger charge is -2.34. The summed E-state index contributed by atoms with van der Waals surface area (Å²) in [6.45, 7) is 9.60. The van der Waals surface area contributed by atoms with Crippen molar-refractivity contribution in [2.45, 2.75) is 58.8 Å². The van der Waals surface area contributed by atoms with Gasteiger partial charge in [-0.25, -0.2) is 0 Å². The van der Waals surface area contributed by atoms with Gasteiger partial charge < -0.3 is 14.6 Å². The Kier molecular flexibility index (Phi) is 5.43. The van der Waals surface area contributed by atoms with E-state index in [0.717, 1.165) is 11.0 Å². The zero-order valence-corrected chi connectivity index (χ0v) is 14.7. The number of rotatable bonds is 3. The van der Waals surface area contributed by atoms with Gasteiger partial charge in [-0.05, 0) is 51.0 Å². The van der Waals surface area contributed by atoms with Crippen LogP contribution in [0, 0.1) is 0 Å². The molecule has 1 aliphatic heterocycles. The summed E-state index contributed by atoms with van der Waals surface area (Å²) >= 11 is 3.49. The molecule has 1 aromatic carbocycles. The summed E-state index contributed by atoms with van der Waals surface area (Å²) in [5.41, 5.74) is 2.04. The van der Waals surface area contributed by atoms with E-state index in [4.69, 9.17) is 9.47 Å². The molecule has 0 spiro atoms. The molecule has 118 valence electrons. The van der Waals surface area contributed by atoms with Crippen molar-refractivity contribution in [1.29, 1.82) is 0 Å². The molecule has 2 unspecified atom stereocenters. The minimum absolute atomic E-state index is 0.140. The Morgan fingerprint density at radius 2 is 2.05 bits per heavy atom. The van der Waals surface area contributed by atoms with E-state index in [1.807, 2.05) is 33.8 Å². The van der Waals surface area contributed by atoms with Crippen molar-refractivity contribution in [3.8, 4) is 0 Å². The van der Waals surface area contributed by atoms with Crippen LogP contribution in [0.25, 0.3) is 0 Å². The van der Waals surface area contributed by atoms with Gasteiger partial charge in [-0.3, -0.25) is 4.90 Å². The number of aliphatic hydroxyl groups excluding tert-OH is 1. The molecule has 0 aliphatic carbocycles. The van der Waals surface area contributed by atoms with Crippen LogP contribution in [0.5, 0.6) is 0 Å². The molecule has 1 N–H and O–H groups in total. The Morgan fingerprint density at radius 3 is 2.71 bits per heavy atom. The predicted molar refractivity (Wildman–Crippen MR) is 85.6 cm³/mol. The van der Waals surface area contributed by atoms with Gasteiger partial charge in [0.05, 0.1) is 18.2 Å². The highest BCUT2D eigenvalue weighted by atomic mass is 79.9. The summed E-state index contributed by atoms with van der Waals surface area (Å²) in [5.74, 6) is 0. The van der Waals surface area contributed by atoms with Crippen LogP contribution >= 0.6 is 15.9 Å². The van der Waals surface area contributed by atoms with Gasteiger partial charge in [-0.2, -0.15) is 0 Å². The minimum atomic E-state index is -0.842. The average Bonchev–Trinajstić information content (AvgIpc) is 2.57. The summed E-state index contributed by atoms with van der Waals surface area (Å²) < 4.78 is 12.4. The molecule has 0 saturated carbocycles. The van der Waals surface area contributed by atoms with Gasteiger partial charge in [-0.1, -0.05) is 22.0 Å². The van der Waals surface area contributed by atoms with Gasteiger partial charge in [-0.15, -0.1) is 0 Å². The lowest BCUT2D eigenvalue weighted by Crippen LogP contribution is -2.45. The monoisotopic (exact) mass is 357 g/mol. The second kappa shape index (κ2) is 6.75. The fraction of sp³-hybridized carbons (Fsp3) is 0.625. The van der Waals surface area contributed by atoms with Crippen molar-refractivity contribution in [3.63, 3.8) is 0 Å². The summed E-state index contributed by atoms with van der Waals surface area (Å²) in [4.78, 5) is 2.09. The molecule has 0 amide bonds. The summed E-state index contributed by atoms with van der Waals surface area (Å²) in [6, 6.07) is 6.09. The highest BCUT2D eigenvalue weighted by Gasteiger charge is 2.28. The Bertz CT molecular complexity index is 487. The molecule has 2 rings (SSSR count). The second-order valence-corrected chi connectivity index (χ2v) is 7.41. The van der Waals surface area contributed by atoms with Crippen molar-refractivity contribution in [1.82, 2.24) is 4.90 Å². The van der Waals surface area contributed by atoms with Crippen molar-refractivity contribution < 1.29 is 14.6 Å². The first-order valence-corrected chi connectivity index (χ1v) is 8.00. The molecule has 0 saturated heterocycles. The molecular formula is C16H24BrNO3. The van der Waals surface area contributed by atoms with Crippen molar-refractivity contribution in [2.24, 2.45) is 0 Å². The van der Waals surface area contributed by atoms with Crippen molar-refractivity contribution >= 4 is 15.9 Å². The lowest BCUT2D eigenvalue weighted by atomic mass is 10.1. The van der Waals surface area contributed by atoms with E-state index >= 15 is 0 Å². The number of benzene rings is 1. The minimum Gasteiger partial charge on any atom is -0.367 e. The number of aliphatic hydroxyl groups is 1. The lowest BCUT2D eigenvalue weighted by molar-refractivity contribution is -0.202. The van der Waals surface area contributed by atoms with Gasteiger partial charge in [0.1, 0.15) is 6.73 Å². The molecule has 0 radical (unpaired) electrons. The maximum Gasteiger partial charge on any atom is 0.170 e. The second-order valence-electron chi connectivity index (χ2n) is 6.50. The third-order valence-corrected chi connectivity index (χ3v) is 4.01. The molecule has 4 nitrogen and oxygen atoms in total. The van der Waals surface area contributed by atoms with Gasteiger partial charge in [0.2, 0.25) is 0 Å². The first-order chi connectivity index (χ1) is 9.76. The smallest absolute Gasteiger partial charge is 0.170 e. The Hall–Kier alpha value is -0.460. The molecular weight excluding hydrogens is 334 g/mol. The number of ether oxygens (including phenoxy) is 2. The van der Waals surface area contributed by atoms with Crippen LogP contribution in [0.3, 0.4) is 0 Å². The van der Waals surface area contributed by atoms with Crippen LogP contribution in [0.1, 0.15) is 38.8 Å². The Morgan fingerprint density at radius 1 is 1.33 bits per heavy atom. The molecule has 21 heavy (non-hydrogen) atoms. The normalized spacial score (nSPS) is 19.7. The number of halogens is 1. The van der Waals surface area contributed by atoms with Gasteiger partial charge in [0.25, 0.3) is 0 Å². The number of hydrogen-bond donors (Lipinski definition) is 1. The van der Waals surface area contributed by atoms with E-state index in [9.17, 15) is 5.11 Å². The zero-order valence-electron chi connectivity index (χ0n) is 13.1. The molecule has 0 fully saturated rings. The van der Waals surface area contributed by atoms with Crippen LogP contribution in [0.4, 0.5) is 0 Å². The third kappa shape index (κ3) is 4.76. The number of nitrogens with zero attached hydrogens (tertiary/aromatic N) is 1. The third-order valence-electron chi connectivity index (χ3n) is 3.52. The van der Waals surface area contributed by atoms with E-state index < -0.39 is 6.29 Å². The summed E-state index contributed by atoms with van der Waals surface area (Å²) in [5, 5.41) is 10.3. The first-order valence-electron chi connectivity index (χ1n) is 7.21.